The number of hydrogen-bond donors (Lipinski definition) is 2. The highest BCUT2D eigenvalue weighted by molar-refractivity contribution is 6.04. The van der Waals surface area contributed by atoms with Crippen molar-refractivity contribution in [3.8, 4) is 0 Å². The number of furan rings is 1. The van der Waals surface area contributed by atoms with E-state index in [9.17, 15) is 4.79 Å². The average Bonchev–Trinajstić information content (AvgIpc) is 3.27. The molecule has 3 aromatic rings. The van der Waals surface area contributed by atoms with Gasteiger partial charge in [-0.05, 0) is 36.4 Å². The zero-order valence-electron chi connectivity index (χ0n) is 15.4. The first-order valence-electron chi connectivity index (χ1n) is 9.25. The molecule has 7 nitrogen and oxygen atoms in total. The van der Waals surface area contributed by atoms with Gasteiger partial charge in [0.25, 0.3) is 5.91 Å². The number of morpholine rings is 1. The fraction of sp³-hybridized carbons (Fsp3) is 0.238. The van der Waals surface area contributed by atoms with Crippen molar-refractivity contribution < 1.29 is 13.9 Å². The summed E-state index contributed by atoms with van der Waals surface area (Å²) in [5.41, 5.74) is 2.95. The number of anilines is 3. The van der Waals surface area contributed by atoms with Crippen LogP contribution < -0.4 is 15.5 Å². The van der Waals surface area contributed by atoms with Gasteiger partial charge in [-0.1, -0.05) is 12.1 Å². The molecule has 1 aliphatic rings. The monoisotopic (exact) mass is 378 g/mol. The SMILES string of the molecule is O=C(Nc1ccccc1N1CCOCC1)c1ccc(NCc2ccco2)cn1. The summed E-state index contributed by atoms with van der Waals surface area (Å²) in [5.74, 6) is 0.597. The van der Waals surface area contributed by atoms with Gasteiger partial charge in [-0.15, -0.1) is 0 Å². The Morgan fingerprint density at radius 3 is 2.68 bits per heavy atom. The van der Waals surface area contributed by atoms with E-state index in [4.69, 9.17) is 9.15 Å². The number of hydrogen-bond acceptors (Lipinski definition) is 6. The van der Waals surface area contributed by atoms with Crippen LogP contribution in [0.1, 0.15) is 16.2 Å². The Balaban J connectivity index is 1.41. The van der Waals surface area contributed by atoms with E-state index in [1.165, 1.54) is 0 Å². The molecule has 3 heterocycles. The number of carbonyl (C=O) groups is 1. The maximum Gasteiger partial charge on any atom is 0.274 e. The van der Waals surface area contributed by atoms with E-state index < -0.39 is 0 Å². The van der Waals surface area contributed by atoms with Crippen LogP contribution in [0.3, 0.4) is 0 Å². The molecule has 28 heavy (non-hydrogen) atoms. The van der Waals surface area contributed by atoms with Crippen molar-refractivity contribution in [3.63, 3.8) is 0 Å². The summed E-state index contributed by atoms with van der Waals surface area (Å²) in [6, 6.07) is 15.1. The van der Waals surface area contributed by atoms with E-state index in [0.29, 0.717) is 25.5 Å². The molecule has 0 spiro atoms. The molecule has 1 saturated heterocycles. The van der Waals surface area contributed by atoms with Gasteiger partial charge in [0.15, 0.2) is 0 Å². The molecular weight excluding hydrogens is 356 g/mol. The highest BCUT2D eigenvalue weighted by Crippen LogP contribution is 2.26. The molecule has 1 aromatic carbocycles. The second-order valence-corrected chi connectivity index (χ2v) is 6.44. The number of nitrogens with zero attached hydrogens (tertiary/aromatic N) is 2. The molecule has 1 aliphatic heterocycles. The van der Waals surface area contributed by atoms with Gasteiger partial charge in [-0.2, -0.15) is 0 Å². The molecular formula is C21H22N4O3. The Hall–Kier alpha value is -3.32. The lowest BCUT2D eigenvalue weighted by atomic mass is 10.2. The van der Waals surface area contributed by atoms with Crippen LogP contribution in [0, 0.1) is 0 Å². The molecule has 0 unspecified atom stereocenters. The van der Waals surface area contributed by atoms with Gasteiger partial charge in [0.2, 0.25) is 0 Å². The summed E-state index contributed by atoms with van der Waals surface area (Å²) in [6.07, 6.45) is 3.28. The van der Waals surface area contributed by atoms with Crippen LogP contribution in [0.25, 0.3) is 0 Å². The molecule has 2 N–H and O–H groups in total. The molecule has 144 valence electrons. The summed E-state index contributed by atoms with van der Waals surface area (Å²) in [7, 11) is 0. The Labute approximate surface area is 163 Å². The zero-order valence-corrected chi connectivity index (χ0v) is 15.4. The van der Waals surface area contributed by atoms with Crippen molar-refractivity contribution in [2.24, 2.45) is 0 Å². The van der Waals surface area contributed by atoms with Crippen LogP contribution in [-0.4, -0.2) is 37.2 Å². The normalized spacial score (nSPS) is 13.9. The minimum Gasteiger partial charge on any atom is -0.467 e. The number of amides is 1. The highest BCUT2D eigenvalue weighted by Gasteiger charge is 2.16. The minimum absolute atomic E-state index is 0.238. The van der Waals surface area contributed by atoms with E-state index >= 15 is 0 Å². The first-order valence-corrected chi connectivity index (χ1v) is 9.25. The van der Waals surface area contributed by atoms with Crippen molar-refractivity contribution in [1.82, 2.24) is 4.98 Å². The van der Waals surface area contributed by atoms with Crippen LogP contribution in [0.2, 0.25) is 0 Å². The van der Waals surface area contributed by atoms with Gasteiger partial charge in [0.05, 0.1) is 49.3 Å². The van der Waals surface area contributed by atoms with E-state index in [-0.39, 0.29) is 5.91 Å². The van der Waals surface area contributed by atoms with Gasteiger partial charge in [0, 0.05) is 13.1 Å². The highest BCUT2D eigenvalue weighted by atomic mass is 16.5. The summed E-state index contributed by atoms with van der Waals surface area (Å²) in [5, 5.41) is 6.19. The van der Waals surface area contributed by atoms with Crippen LogP contribution in [0.4, 0.5) is 17.1 Å². The molecule has 0 atom stereocenters. The van der Waals surface area contributed by atoms with Crippen molar-refractivity contribution in [3.05, 3.63) is 72.4 Å². The predicted octanol–water partition coefficient (Wildman–Crippen LogP) is 3.38. The summed E-state index contributed by atoms with van der Waals surface area (Å²) in [4.78, 5) is 19.1. The number of benzene rings is 1. The average molecular weight is 378 g/mol. The minimum atomic E-state index is -0.238. The van der Waals surface area contributed by atoms with Gasteiger partial charge in [0.1, 0.15) is 11.5 Å². The quantitative estimate of drug-likeness (QED) is 0.685. The van der Waals surface area contributed by atoms with E-state index in [1.807, 2.05) is 42.5 Å². The zero-order chi connectivity index (χ0) is 19.2. The maximum atomic E-state index is 12.7. The van der Waals surface area contributed by atoms with Crippen LogP contribution in [0.15, 0.2) is 65.4 Å². The van der Waals surface area contributed by atoms with Crippen LogP contribution in [0.5, 0.6) is 0 Å². The number of carbonyl (C=O) groups excluding carboxylic acids is 1. The second kappa shape index (κ2) is 8.58. The fourth-order valence-corrected chi connectivity index (χ4v) is 3.08. The Kier molecular flexibility index (Phi) is 5.53. The Bertz CT molecular complexity index is 904. The first-order chi connectivity index (χ1) is 13.8. The molecule has 1 fully saturated rings. The lowest BCUT2D eigenvalue weighted by Crippen LogP contribution is -2.36. The van der Waals surface area contributed by atoms with Crippen molar-refractivity contribution in [1.29, 1.82) is 0 Å². The van der Waals surface area contributed by atoms with Gasteiger partial charge in [-0.25, -0.2) is 4.98 Å². The summed E-state index contributed by atoms with van der Waals surface area (Å²) in [6.45, 7) is 3.56. The fourth-order valence-electron chi connectivity index (χ4n) is 3.08. The molecule has 0 radical (unpaired) electrons. The topological polar surface area (TPSA) is 79.6 Å². The Morgan fingerprint density at radius 1 is 1.07 bits per heavy atom. The molecule has 7 heteroatoms. The molecule has 0 saturated carbocycles. The number of aromatic nitrogens is 1. The van der Waals surface area contributed by atoms with Crippen LogP contribution >= 0.6 is 0 Å². The third-order valence-electron chi connectivity index (χ3n) is 4.55. The third kappa shape index (κ3) is 4.32. The molecule has 1 amide bonds. The van der Waals surface area contributed by atoms with Crippen molar-refractivity contribution >= 4 is 23.0 Å². The smallest absolute Gasteiger partial charge is 0.274 e. The maximum absolute atomic E-state index is 12.7. The first kappa shape index (κ1) is 18.1. The van der Waals surface area contributed by atoms with Crippen LogP contribution in [-0.2, 0) is 11.3 Å². The van der Waals surface area contributed by atoms with Gasteiger partial charge < -0.3 is 24.7 Å². The van der Waals surface area contributed by atoms with E-state index in [0.717, 1.165) is 35.9 Å². The van der Waals surface area contributed by atoms with Crippen molar-refractivity contribution in [2.75, 3.05) is 41.8 Å². The lowest BCUT2D eigenvalue weighted by Gasteiger charge is -2.30. The molecule has 0 bridgehead atoms. The lowest BCUT2D eigenvalue weighted by molar-refractivity contribution is 0.102. The number of nitrogens with one attached hydrogen (secondary N) is 2. The van der Waals surface area contributed by atoms with Gasteiger partial charge >= 0.3 is 0 Å². The number of rotatable bonds is 6. The van der Waals surface area contributed by atoms with Gasteiger partial charge in [-0.3, -0.25) is 4.79 Å². The van der Waals surface area contributed by atoms with Crippen molar-refractivity contribution in [2.45, 2.75) is 6.54 Å². The molecule has 4 rings (SSSR count). The summed E-state index contributed by atoms with van der Waals surface area (Å²) < 4.78 is 10.7. The molecule has 0 aliphatic carbocycles. The number of pyridine rings is 1. The molecule has 2 aromatic heterocycles. The summed E-state index contributed by atoms with van der Waals surface area (Å²) >= 11 is 0. The number of ether oxygens (including phenoxy) is 1. The standard InChI is InChI=1S/C21H22N4O3/c26-21(19-8-7-16(14-23-19)22-15-17-4-3-11-28-17)24-18-5-1-2-6-20(18)25-9-12-27-13-10-25/h1-8,11,14,22H,9-10,12-13,15H2,(H,24,26). The second-order valence-electron chi connectivity index (χ2n) is 6.44. The number of para-hydroxylation sites is 2. The largest absolute Gasteiger partial charge is 0.467 e. The van der Waals surface area contributed by atoms with E-state index in [1.54, 1.807) is 18.5 Å². The Morgan fingerprint density at radius 2 is 1.93 bits per heavy atom. The predicted molar refractivity (Wildman–Crippen MR) is 108 cm³/mol. The van der Waals surface area contributed by atoms with E-state index in [2.05, 4.69) is 20.5 Å². The third-order valence-corrected chi connectivity index (χ3v) is 4.55.